The number of ether oxygens (including phenoxy) is 3. The van der Waals surface area contributed by atoms with Crippen molar-refractivity contribution in [2.75, 3.05) is 21.3 Å². The van der Waals surface area contributed by atoms with E-state index in [0.29, 0.717) is 42.4 Å². The van der Waals surface area contributed by atoms with Gasteiger partial charge in [0, 0.05) is 19.3 Å². The Kier molecular flexibility index (Phi) is 8.10. The minimum atomic E-state index is -0.208. The number of hydrogen-bond acceptors (Lipinski definition) is 7. The monoisotopic (exact) mass is 391 g/mol. The topological polar surface area (TPSA) is 95.7 Å². The van der Waals surface area contributed by atoms with Crippen LogP contribution in [0.15, 0.2) is 16.7 Å². The van der Waals surface area contributed by atoms with Crippen molar-refractivity contribution in [3.05, 3.63) is 29.4 Å². The third kappa shape index (κ3) is 5.61. The molecule has 1 aromatic heterocycles. The van der Waals surface area contributed by atoms with Gasteiger partial charge in [0.15, 0.2) is 17.3 Å². The molecular weight excluding hydrogens is 362 g/mol. The van der Waals surface area contributed by atoms with Gasteiger partial charge in [-0.05, 0) is 37.5 Å². The number of nitrogens with zero attached hydrogens (tertiary/aromatic N) is 2. The zero-order chi connectivity index (χ0) is 20.5. The van der Waals surface area contributed by atoms with E-state index in [4.69, 9.17) is 18.7 Å². The van der Waals surface area contributed by atoms with Gasteiger partial charge in [-0.2, -0.15) is 4.98 Å². The van der Waals surface area contributed by atoms with Gasteiger partial charge >= 0.3 is 0 Å². The van der Waals surface area contributed by atoms with Gasteiger partial charge in [-0.3, -0.25) is 4.79 Å². The fourth-order valence-corrected chi connectivity index (χ4v) is 2.87. The van der Waals surface area contributed by atoms with Crippen molar-refractivity contribution in [2.24, 2.45) is 0 Å². The molecule has 0 aliphatic rings. The number of rotatable bonds is 11. The SMILES string of the molecule is CCCc1noc(CCCC(=O)NC(C)c2cc(OC)c(OC)c(OC)c2)n1. The van der Waals surface area contributed by atoms with E-state index in [1.807, 2.05) is 19.1 Å². The first kappa shape index (κ1) is 21.5. The van der Waals surface area contributed by atoms with Gasteiger partial charge in [-0.1, -0.05) is 12.1 Å². The lowest BCUT2D eigenvalue weighted by Crippen LogP contribution is -2.26. The number of amides is 1. The number of methoxy groups -OCH3 is 3. The van der Waals surface area contributed by atoms with E-state index in [1.54, 1.807) is 21.3 Å². The number of benzene rings is 1. The number of carbonyl (C=O) groups excluding carboxylic acids is 1. The Bertz CT molecular complexity index is 750. The maximum Gasteiger partial charge on any atom is 0.226 e. The summed E-state index contributed by atoms with van der Waals surface area (Å²) in [5.74, 6) is 2.88. The predicted molar refractivity (Wildman–Crippen MR) is 104 cm³/mol. The van der Waals surface area contributed by atoms with Crippen molar-refractivity contribution >= 4 is 5.91 Å². The van der Waals surface area contributed by atoms with Crippen molar-refractivity contribution in [3.63, 3.8) is 0 Å². The molecule has 0 saturated heterocycles. The van der Waals surface area contributed by atoms with Crippen LogP contribution in [-0.4, -0.2) is 37.4 Å². The second kappa shape index (κ2) is 10.5. The minimum Gasteiger partial charge on any atom is -0.493 e. The standard InChI is InChI=1S/C20H29N3O5/c1-6-8-17-22-19(28-23-17)10-7-9-18(24)21-13(2)14-11-15(25-3)20(27-5)16(12-14)26-4/h11-13H,6-10H2,1-5H3,(H,21,24). The summed E-state index contributed by atoms with van der Waals surface area (Å²) in [6, 6.07) is 3.46. The van der Waals surface area contributed by atoms with Crippen LogP contribution in [0.5, 0.6) is 17.2 Å². The number of nitrogens with one attached hydrogen (secondary N) is 1. The number of carbonyl (C=O) groups is 1. The highest BCUT2D eigenvalue weighted by atomic mass is 16.5. The van der Waals surface area contributed by atoms with Crippen LogP contribution >= 0.6 is 0 Å². The van der Waals surface area contributed by atoms with Gasteiger partial charge in [0.2, 0.25) is 17.5 Å². The van der Waals surface area contributed by atoms with Crippen molar-refractivity contribution in [2.45, 2.75) is 52.0 Å². The lowest BCUT2D eigenvalue weighted by atomic mass is 10.1. The summed E-state index contributed by atoms with van der Waals surface area (Å²) in [6.07, 6.45) is 3.38. The van der Waals surface area contributed by atoms with E-state index >= 15 is 0 Å². The molecule has 8 nitrogen and oxygen atoms in total. The van der Waals surface area contributed by atoms with Crippen LogP contribution in [-0.2, 0) is 17.6 Å². The van der Waals surface area contributed by atoms with Crippen molar-refractivity contribution in [1.29, 1.82) is 0 Å². The maximum atomic E-state index is 12.3. The molecule has 2 rings (SSSR count). The molecule has 0 aliphatic carbocycles. The predicted octanol–water partition coefficient (Wildman–Crippen LogP) is 3.25. The van der Waals surface area contributed by atoms with Crippen molar-refractivity contribution < 1.29 is 23.5 Å². The van der Waals surface area contributed by atoms with Crippen LogP contribution < -0.4 is 19.5 Å². The van der Waals surface area contributed by atoms with Gasteiger partial charge in [-0.15, -0.1) is 0 Å². The van der Waals surface area contributed by atoms with E-state index in [2.05, 4.69) is 22.4 Å². The molecular formula is C20H29N3O5. The summed E-state index contributed by atoms with van der Waals surface area (Å²) in [7, 11) is 4.68. The van der Waals surface area contributed by atoms with E-state index in [1.165, 1.54) is 0 Å². The van der Waals surface area contributed by atoms with Crippen LogP contribution in [0.3, 0.4) is 0 Å². The van der Waals surface area contributed by atoms with E-state index in [-0.39, 0.29) is 11.9 Å². The molecule has 0 radical (unpaired) electrons. The van der Waals surface area contributed by atoms with Crippen molar-refractivity contribution in [3.8, 4) is 17.2 Å². The fraction of sp³-hybridized carbons (Fsp3) is 0.550. The summed E-state index contributed by atoms with van der Waals surface area (Å²) < 4.78 is 21.3. The summed E-state index contributed by atoms with van der Waals surface area (Å²) in [4.78, 5) is 16.6. The second-order valence-electron chi connectivity index (χ2n) is 6.46. The number of hydrogen-bond donors (Lipinski definition) is 1. The first-order chi connectivity index (χ1) is 13.5. The molecule has 0 bridgehead atoms. The maximum absolute atomic E-state index is 12.3. The molecule has 28 heavy (non-hydrogen) atoms. The molecule has 0 saturated carbocycles. The number of aryl methyl sites for hydroxylation is 2. The van der Waals surface area contributed by atoms with Gasteiger partial charge in [0.1, 0.15) is 0 Å². The highest BCUT2D eigenvalue weighted by molar-refractivity contribution is 5.76. The van der Waals surface area contributed by atoms with Crippen LogP contribution in [0.25, 0.3) is 0 Å². The van der Waals surface area contributed by atoms with Gasteiger partial charge in [0.25, 0.3) is 0 Å². The Labute approximate surface area is 165 Å². The largest absolute Gasteiger partial charge is 0.493 e. The Morgan fingerprint density at radius 2 is 1.82 bits per heavy atom. The summed E-state index contributed by atoms with van der Waals surface area (Å²) in [5.41, 5.74) is 0.865. The molecule has 0 spiro atoms. The van der Waals surface area contributed by atoms with Crippen molar-refractivity contribution in [1.82, 2.24) is 15.5 Å². The van der Waals surface area contributed by atoms with E-state index in [9.17, 15) is 4.79 Å². The highest BCUT2D eigenvalue weighted by Crippen LogP contribution is 2.39. The Balaban J connectivity index is 1.90. The summed E-state index contributed by atoms with van der Waals surface area (Å²) in [5, 5.41) is 6.91. The lowest BCUT2D eigenvalue weighted by Gasteiger charge is -2.18. The molecule has 2 aromatic rings. The summed E-state index contributed by atoms with van der Waals surface area (Å²) in [6.45, 7) is 3.98. The van der Waals surface area contributed by atoms with Crippen LogP contribution in [0.2, 0.25) is 0 Å². The second-order valence-corrected chi connectivity index (χ2v) is 6.46. The fourth-order valence-electron chi connectivity index (χ4n) is 2.87. The average Bonchev–Trinajstić information content (AvgIpc) is 3.14. The minimum absolute atomic E-state index is 0.0467. The summed E-state index contributed by atoms with van der Waals surface area (Å²) >= 11 is 0. The first-order valence-corrected chi connectivity index (χ1v) is 9.43. The smallest absolute Gasteiger partial charge is 0.226 e. The van der Waals surface area contributed by atoms with Crippen LogP contribution in [0.4, 0.5) is 0 Å². The van der Waals surface area contributed by atoms with Gasteiger partial charge < -0.3 is 24.1 Å². The Hall–Kier alpha value is -2.77. The average molecular weight is 391 g/mol. The zero-order valence-corrected chi connectivity index (χ0v) is 17.2. The highest BCUT2D eigenvalue weighted by Gasteiger charge is 2.17. The molecule has 1 aromatic carbocycles. The molecule has 8 heteroatoms. The van der Waals surface area contributed by atoms with Gasteiger partial charge in [-0.25, -0.2) is 0 Å². The van der Waals surface area contributed by atoms with Crippen LogP contribution in [0.1, 0.15) is 56.4 Å². The van der Waals surface area contributed by atoms with E-state index in [0.717, 1.165) is 24.2 Å². The third-order valence-corrected chi connectivity index (χ3v) is 4.34. The Morgan fingerprint density at radius 1 is 1.14 bits per heavy atom. The van der Waals surface area contributed by atoms with Gasteiger partial charge in [0.05, 0.1) is 27.4 Å². The molecule has 154 valence electrons. The lowest BCUT2D eigenvalue weighted by molar-refractivity contribution is -0.121. The Morgan fingerprint density at radius 3 is 2.39 bits per heavy atom. The van der Waals surface area contributed by atoms with E-state index < -0.39 is 0 Å². The molecule has 1 unspecified atom stereocenters. The molecule has 1 heterocycles. The molecule has 0 aliphatic heterocycles. The first-order valence-electron chi connectivity index (χ1n) is 9.43. The number of aromatic nitrogens is 2. The van der Waals surface area contributed by atoms with Crippen LogP contribution in [0, 0.1) is 0 Å². The molecule has 0 fully saturated rings. The zero-order valence-electron chi connectivity index (χ0n) is 17.2. The molecule has 1 amide bonds. The molecule has 1 N–H and O–H groups in total. The molecule has 1 atom stereocenters. The third-order valence-electron chi connectivity index (χ3n) is 4.34. The normalized spacial score (nSPS) is 11.8. The quantitative estimate of drug-likeness (QED) is 0.628.